The molecule has 3 nitrogen and oxygen atoms in total. The minimum atomic E-state index is -0.900. The molecule has 1 aromatic rings. The number of carboxylic acid groups (broad SMARTS) is 1. The van der Waals surface area contributed by atoms with Crippen LogP contribution >= 0.6 is 23.2 Å². The van der Waals surface area contributed by atoms with Gasteiger partial charge in [-0.05, 0) is 31.2 Å². The van der Waals surface area contributed by atoms with Crippen LogP contribution < -0.4 is 5.32 Å². The van der Waals surface area contributed by atoms with Crippen molar-refractivity contribution in [3.05, 3.63) is 33.8 Å². The van der Waals surface area contributed by atoms with Crippen LogP contribution in [0.15, 0.2) is 18.2 Å². The number of nitrogens with one attached hydrogen (secondary N) is 1. The standard InChI is InChI=1S/C10H11Cl2NO2/c1-13-9(10(14)15)4-6-2-3-7(11)5-8(6)12/h2-3,5,9,13H,4H2,1H3,(H,14,15)/t9-/m0/s1. The highest BCUT2D eigenvalue weighted by atomic mass is 35.5. The van der Waals surface area contributed by atoms with E-state index in [1.165, 1.54) is 0 Å². The number of carbonyl (C=O) groups is 1. The van der Waals surface area contributed by atoms with Gasteiger partial charge in [-0.25, -0.2) is 0 Å². The monoisotopic (exact) mass is 247 g/mol. The quantitative estimate of drug-likeness (QED) is 0.858. The van der Waals surface area contributed by atoms with Gasteiger partial charge in [0.2, 0.25) is 0 Å². The number of halogens is 2. The average molecular weight is 248 g/mol. The molecule has 0 aliphatic rings. The molecular weight excluding hydrogens is 237 g/mol. The number of hydrogen-bond acceptors (Lipinski definition) is 2. The van der Waals surface area contributed by atoms with E-state index in [-0.39, 0.29) is 0 Å². The van der Waals surface area contributed by atoms with Crippen LogP contribution in [-0.4, -0.2) is 24.2 Å². The van der Waals surface area contributed by atoms with Gasteiger partial charge in [0.05, 0.1) is 0 Å². The molecule has 0 bridgehead atoms. The Morgan fingerprint density at radius 3 is 2.67 bits per heavy atom. The molecule has 1 atom stereocenters. The van der Waals surface area contributed by atoms with Crippen molar-refractivity contribution in [2.24, 2.45) is 0 Å². The van der Waals surface area contributed by atoms with Gasteiger partial charge in [-0.1, -0.05) is 29.3 Å². The first-order valence-corrected chi connectivity index (χ1v) is 5.14. The van der Waals surface area contributed by atoms with E-state index in [2.05, 4.69) is 5.32 Å². The van der Waals surface area contributed by atoms with E-state index in [1.54, 1.807) is 25.2 Å². The number of likely N-dealkylation sites (N-methyl/N-ethyl adjacent to an activating group) is 1. The van der Waals surface area contributed by atoms with E-state index < -0.39 is 12.0 Å². The van der Waals surface area contributed by atoms with Crippen molar-refractivity contribution in [1.82, 2.24) is 5.32 Å². The summed E-state index contributed by atoms with van der Waals surface area (Å²) < 4.78 is 0. The summed E-state index contributed by atoms with van der Waals surface area (Å²) in [5.41, 5.74) is 0.766. The Morgan fingerprint density at radius 1 is 1.53 bits per heavy atom. The van der Waals surface area contributed by atoms with Gasteiger partial charge in [-0.3, -0.25) is 4.79 Å². The fourth-order valence-electron chi connectivity index (χ4n) is 1.22. The third-order valence-corrected chi connectivity index (χ3v) is 2.67. The van der Waals surface area contributed by atoms with Crippen LogP contribution in [-0.2, 0) is 11.2 Å². The van der Waals surface area contributed by atoms with E-state index in [0.29, 0.717) is 16.5 Å². The summed E-state index contributed by atoms with van der Waals surface area (Å²) in [6.45, 7) is 0. The van der Waals surface area contributed by atoms with Crippen LogP contribution in [0, 0.1) is 0 Å². The van der Waals surface area contributed by atoms with Crippen molar-refractivity contribution in [3.8, 4) is 0 Å². The largest absolute Gasteiger partial charge is 0.480 e. The summed E-state index contributed by atoms with van der Waals surface area (Å²) in [5.74, 6) is -0.900. The van der Waals surface area contributed by atoms with Gasteiger partial charge in [0, 0.05) is 10.0 Å². The highest BCUT2D eigenvalue weighted by Crippen LogP contribution is 2.22. The maximum absolute atomic E-state index is 10.8. The molecule has 5 heteroatoms. The van der Waals surface area contributed by atoms with Gasteiger partial charge < -0.3 is 10.4 Å². The third-order valence-electron chi connectivity index (χ3n) is 2.09. The van der Waals surface area contributed by atoms with Crippen LogP contribution in [0.3, 0.4) is 0 Å². The van der Waals surface area contributed by atoms with Crippen LogP contribution in [0.4, 0.5) is 0 Å². The lowest BCUT2D eigenvalue weighted by atomic mass is 10.1. The Balaban J connectivity index is 2.84. The van der Waals surface area contributed by atoms with E-state index in [0.717, 1.165) is 5.56 Å². The maximum atomic E-state index is 10.8. The molecule has 0 amide bonds. The van der Waals surface area contributed by atoms with Crippen molar-refractivity contribution in [2.45, 2.75) is 12.5 Å². The zero-order chi connectivity index (χ0) is 11.4. The Labute approximate surface area is 98.0 Å². The van der Waals surface area contributed by atoms with Crippen LogP contribution in [0.25, 0.3) is 0 Å². The molecule has 0 fully saturated rings. The summed E-state index contributed by atoms with van der Waals surface area (Å²) in [6, 6.07) is 4.39. The summed E-state index contributed by atoms with van der Waals surface area (Å²) >= 11 is 11.7. The fraction of sp³-hybridized carbons (Fsp3) is 0.300. The molecule has 2 N–H and O–H groups in total. The predicted molar refractivity (Wildman–Crippen MR) is 60.6 cm³/mol. The molecule has 0 spiro atoms. The Kier molecular flexibility index (Phi) is 4.39. The molecule has 0 heterocycles. The second kappa shape index (κ2) is 5.35. The van der Waals surface area contributed by atoms with Gasteiger partial charge >= 0.3 is 5.97 Å². The summed E-state index contributed by atoms with van der Waals surface area (Å²) in [7, 11) is 1.60. The van der Waals surface area contributed by atoms with Crippen molar-refractivity contribution in [2.75, 3.05) is 7.05 Å². The Morgan fingerprint density at radius 2 is 2.20 bits per heavy atom. The molecule has 82 valence electrons. The van der Waals surface area contributed by atoms with Crippen LogP contribution in [0.2, 0.25) is 10.0 Å². The lowest BCUT2D eigenvalue weighted by Crippen LogP contribution is -2.35. The molecule has 15 heavy (non-hydrogen) atoms. The topological polar surface area (TPSA) is 49.3 Å². The number of carboxylic acids is 1. The van der Waals surface area contributed by atoms with Gasteiger partial charge in [-0.2, -0.15) is 0 Å². The van der Waals surface area contributed by atoms with E-state index >= 15 is 0 Å². The molecule has 0 aliphatic heterocycles. The highest BCUT2D eigenvalue weighted by Gasteiger charge is 2.16. The molecular formula is C10H11Cl2NO2. The number of benzene rings is 1. The molecule has 0 aromatic heterocycles. The predicted octanol–water partition coefficient (Wildman–Crippen LogP) is 2.21. The number of rotatable bonds is 4. The Hall–Kier alpha value is -0.770. The molecule has 0 unspecified atom stereocenters. The van der Waals surface area contributed by atoms with Crippen molar-refractivity contribution >= 4 is 29.2 Å². The zero-order valence-electron chi connectivity index (χ0n) is 8.13. The summed E-state index contributed by atoms with van der Waals surface area (Å²) in [6.07, 6.45) is 0.335. The van der Waals surface area contributed by atoms with Gasteiger partial charge in [-0.15, -0.1) is 0 Å². The molecule has 0 saturated carbocycles. The van der Waals surface area contributed by atoms with Crippen molar-refractivity contribution < 1.29 is 9.90 Å². The first-order chi connectivity index (χ1) is 7.04. The lowest BCUT2D eigenvalue weighted by Gasteiger charge is -2.12. The average Bonchev–Trinajstić information content (AvgIpc) is 2.16. The fourth-order valence-corrected chi connectivity index (χ4v) is 1.71. The maximum Gasteiger partial charge on any atom is 0.321 e. The number of hydrogen-bond donors (Lipinski definition) is 2. The second-order valence-corrected chi connectivity index (χ2v) is 3.96. The van der Waals surface area contributed by atoms with E-state index in [1.807, 2.05) is 0 Å². The minimum absolute atomic E-state index is 0.335. The van der Waals surface area contributed by atoms with Crippen molar-refractivity contribution in [3.63, 3.8) is 0 Å². The van der Waals surface area contributed by atoms with Crippen LogP contribution in [0.5, 0.6) is 0 Å². The molecule has 0 radical (unpaired) electrons. The smallest absolute Gasteiger partial charge is 0.321 e. The molecule has 0 aliphatic carbocycles. The second-order valence-electron chi connectivity index (χ2n) is 3.12. The molecule has 1 aromatic carbocycles. The molecule has 0 saturated heterocycles. The highest BCUT2D eigenvalue weighted by molar-refractivity contribution is 6.35. The lowest BCUT2D eigenvalue weighted by molar-refractivity contribution is -0.139. The SMILES string of the molecule is CN[C@@H](Cc1ccc(Cl)cc1Cl)C(=O)O. The van der Waals surface area contributed by atoms with Crippen LogP contribution in [0.1, 0.15) is 5.56 Å². The van der Waals surface area contributed by atoms with Gasteiger partial charge in [0.25, 0.3) is 0 Å². The van der Waals surface area contributed by atoms with E-state index in [4.69, 9.17) is 28.3 Å². The van der Waals surface area contributed by atoms with Crippen molar-refractivity contribution in [1.29, 1.82) is 0 Å². The number of aliphatic carboxylic acids is 1. The first kappa shape index (κ1) is 12.3. The molecule has 1 rings (SSSR count). The summed E-state index contributed by atoms with van der Waals surface area (Å²) in [4.78, 5) is 10.8. The normalized spacial score (nSPS) is 12.5. The van der Waals surface area contributed by atoms with Gasteiger partial charge in [0.15, 0.2) is 0 Å². The Bertz CT molecular complexity index is 368. The third kappa shape index (κ3) is 3.38. The van der Waals surface area contributed by atoms with E-state index in [9.17, 15) is 4.79 Å². The summed E-state index contributed by atoms with van der Waals surface area (Å²) in [5, 5.41) is 12.6. The minimum Gasteiger partial charge on any atom is -0.480 e. The zero-order valence-corrected chi connectivity index (χ0v) is 9.64. The van der Waals surface area contributed by atoms with Gasteiger partial charge in [0.1, 0.15) is 6.04 Å². The first-order valence-electron chi connectivity index (χ1n) is 4.38.